The fourth-order valence-electron chi connectivity index (χ4n) is 2.21. The van der Waals surface area contributed by atoms with Gasteiger partial charge in [0.1, 0.15) is 24.3 Å². The van der Waals surface area contributed by atoms with Crippen LogP contribution >= 0.6 is 0 Å². The van der Waals surface area contributed by atoms with Crippen LogP contribution in [0.15, 0.2) is 57.7 Å². The molecule has 25 heavy (non-hydrogen) atoms. The summed E-state index contributed by atoms with van der Waals surface area (Å²) >= 11 is 0. The van der Waals surface area contributed by atoms with Gasteiger partial charge in [-0.2, -0.15) is 4.68 Å². The highest BCUT2D eigenvalue weighted by Crippen LogP contribution is 2.16. The molecule has 0 fully saturated rings. The number of hydrogen-bond donors (Lipinski definition) is 1. The number of aliphatic hydroxyl groups excluding tert-OH is 1. The van der Waals surface area contributed by atoms with Gasteiger partial charge in [0.25, 0.3) is 0 Å². The topological polar surface area (TPSA) is 77.5 Å². The van der Waals surface area contributed by atoms with Crippen LogP contribution in [0.5, 0.6) is 5.75 Å². The zero-order chi connectivity index (χ0) is 17.8. The van der Waals surface area contributed by atoms with E-state index in [4.69, 9.17) is 9.15 Å². The van der Waals surface area contributed by atoms with E-state index in [2.05, 4.69) is 5.10 Å². The molecule has 0 unspecified atom stereocenters. The standard InChI is InChI=1S/C18H17FN2O4/c1-12-2-8-16(9-3-12)24-11-15(22)10-21-18(23)25-17(20-21)13-4-6-14(19)7-5-13/h2-9,15,22H,10-11H2,1H3/t15-/m0/s1. The monoisotopic (exact) mass is 344 g/mol. The average molecular weight is 344 g/mol. The number of nitrogens with zero attached hydrogens (tertiary/aromatic N) is 2. The van der Waals surface area contributed by atoms with Crippen LogP contribution in [-0.4, -0.2) is 27.6 Å². The molecule has 0 aliphatic heterocycles. The Morgan fingerprint density at radius 2 is 1.88 bits per heavy atom. The van der Waals surface area contributed by atoms with E-state index in [1.54, 1.807) is 12.1 Å². The van der Waals surface area contributed by atoms with Crippen LogP contribution in [0.2, 0.25) is 0 Å². The Hall–Kier alpha value is -2.93. The molecule has 1 aromatic heterocycles. The summed E-state index contributed by atoms with van der Waals surface area (Å²) in [6, 6.07) is 12.8. The quantitative estimate of drug-likeness (QED) is 0.743. The molecule has 3 rings (SSSR count). The summed E-state index contributed by atoms with van der Waals surface area (Å²) in [7, 11) is 0. The molecule has 1 heterocycles. The van der Waals surface area contributed by atoms with Crippen LogP contribution < -0.4 is 10.5 Å². The van der Waals surface area contributed by atoms with Crippen molar-refractivity contribution in [1.29, 1.82) is 0 Å². The Kier molecular flexibility index (Phi) is 4.95. The Morgan fingerprint density at radius 3 is 2.56 bits per heavy atom. The Morgan fingerprint density at radius 1 is 1.20 bits per heavy atom. The molecule has 2 aromatic carbocycles. The van der Waals surface area contributed by atoms with Crippen LogP contribution in [-0.2, 0) is 6.54 Å². The molecule has 0 amide bonds. The van der Waals surface area contributed by atoms with Crippen LogP contribution in [0.4, 0.5) is 4.39 Å². The van der Waals surface area contributed by atoms with Crippen molar-refractivity contribution in [2.75, 3.05) is 6.61 Å². The molecule has 0 spiro atoms. The van der Waals surface area contributed by atoms with Crippen LogP contribution in [0.3, 0.4) is 0 Å². The summed E-state index contributed by atoms with van der Waals surface area (Å²) in [5, 5.41) is 14.1. The van der Waals surface area contributed by atoms with Gasteiger partial charge < -0.3 is 14.3 Å². The van der Waals surface area contributed by atoms with Crippen molar-refractivity contribution >= 4 is 0 Å². The molecule has 0 saturated heterocycles. The zero-order valence-corrected chi connectivity index (χ0v) is 13.6. The largest absolute Gasteiger partial charge is 0.491 e. The molecule has 0 saturated carbocycles. The van der Waals surface area contributed by atoms with E-state index in [-0.39, 0.29) is 19.0 Å². The summed E-state index contributed by atoms with van der Waals surface area (Å²) in [6.07, 6.45) is -0.940. The minimum atomic E-state index is -0.940. The maximum atomic E-state index is 12.9. The van der Waals surface area contributed by atoms with Gasteiger partial charge in [-0.15, -0.1) is 5.10 Å². The highest BCUT2D eigenvalue weighted by atomic mass is 19.1. The van der Waals surface area contributed by atoms with Gasteiger partial charge in [-0.3, -0.25) is 0 Å². The fourth-order valence-corrected chi connectivity index (χ4v) is 2.21. The van der Waals surface area contributed by atoms with E-state index in [9.17, 15) is 14.3 Å². The van der Waals surface area contributed by atoms with E-state index in [0.717, 1.165) is 10.2 Å². The molecule has 3 aromatic rings. The van der Waals surface area contributed by atoms with Crippen LogP contribution in [0.1, 0.15) is 5.56 Å². The maximum Gasteiger partial charge on any atom is 0.437 e. The number of halogens is 1. The molecule has 130 valence electrons. The lowest BCUT2D eigenvalue weighted by Gasteiger charge is -2.11. The highest BCUT2D eigenvalue weighted by Gasteiger charge is 2.14. The highest BCUT2D eigenvalue weighted by molar-refractivity contribution is 5.51. The Balaban J connectivity index is 1.63. The first kappa shape index (κ1) is 16.9. The number of aryl methyl sites for hydroxylation is 1. The summed E-state index contributed by atoms with van der Waals surface area (Å²) in [5.41, 5.74) is 1.58. The van der Waals surface area contributed by atoms with Crippen LogP contribution in [0, 0.1) is 12.7 Å². The van der Waals surface area contributed by atoms with Gasteiger partial charge in [0.05, 0.1) is 6.54 Å². The molecule has 0 aliphatic carbocycles. The molecule has 1 atom stereocenters. The zero-order valence-electron chi connectivity index (χ0n) is 13.6. The number of aliphatic hydroxyl groups is 1. The van der Waals surface area contributed by atoms with Crippen molar-refractivity contribution in [2.45, 2.75) is 19.6 Å². The summed E-state index contributed by atoms with van der Waals surface area (Å²) in [4.78, 5) is 11.8. The lowest BCUT2D eigenvalue weighted by atomic mass is 10.2. The second-order valence-electron chi connectivity index (χ2n) is 5.64. The van der Waals surface area contributed by atoms with Crippen molar-refractivity contribution in [3.63, 3.8) is 0 Å². The van der Waals surface area contributed by atoms with Gasteiger partial charge >= 0.3 is 5.76 Å². The summed E-state index contributed by atoms with van der Waals surface area (Å²) < 4.78 is 24.5. The first-order valence-electron chi connectivity index (χ1n) is 7.73. The van der Waals surface area contributed by atoms with Crippen LogP contribution in [0.25, 0.3) is 11.5 Å². The molecular formula is C18H17FN2O4. The third-order valence-corrected chi connectivity index (χ3v) is 3.54. The van der Waals surface area contributed by atoms with Gasteiger partial charge in [0.15, 0.2) is 0 Å². The number of ether oxygens (including phenoxy) is 1. The SMILES string of the molecule is Cc1ccc(OC[C@@H](O)Cn2nc(-c3ccc(F)cc3)oc2=O)cc1. The first-order valence-corrected chi connectivity index (χ1v) is 7.73. The third-order valence-electron chi connectivity index (χ3n) is 3.54. The van der Waals surface area contributed by atoms with Crippen molar-refractivity contribution in [1.82, 2.24) is 9.78 Å². The van der Waals surface area contributed by atoms with E-state index in [1.165, 1.54) is 24.3 Å². The smallest absolute Gasteiger partial charge is 0.437 e. The number of benzene rings is 2. The normalized spacial score (nSPS) is 12.1. The number of rotatable bonds is 6. The minimum absolute atomic E-state index is 0.00818. The van der Waals surface area contributed by atoms with Gasteiger partial charge in [-0.05, 0) is 43.3 Å². The molecule has 0 aliphatic rings. The summed E-state index contributed by atoms with van der Waals surface area (Å²) in [5.74, 6) is -0.399. The molecule has 7 heteroatoms. The Labute approximate surface area is 143 Å². The van der Waals surface area contributed by atoms with Gasteiger partial charge in [-0.1, -0.05) is 17.7 Å². The van der Waals surface area contributed by atoms with E-state index < -0.39 is 17.7 Å². The molecule has 1 N–H and O–H groups in total. The van der Waals surface area contributed by atoms with Crippen molar-refractivity contribution in [3.8, 4) is 17.2 Å². The predicted molar refractivity (Wildman–Crippen MR) is 88.8 cm³/mol. The van der Waals surface area contributed by atoms with Crippen molar-refractivity contribution in [2.24, 2.45) is 0 Å². The van der Waals surface area contributed by atoms with Crippen molar-refractivity contribution in [3.05, 3.63) is 70.5 Å². The molecule has 0 radical (unpaired) electrons. The van der Waals surface area contributed by atoms with Crippen molar-refractivity contribution < 1.29 is 18.7 Å². The van der Waals surface area contributed by atoms with Gasteiger partial charge in [0.2, 0.25) is 5.89 Å². The average Bonchev–Trinajstić information content (AvgIpc) is 2.95. The lowest BCUT2D eigenvalue weighted by Crippen LogP contribution is -2.29. The third kappa shape index (κ3) is 4.33. The second kappa shape index (κ2) is 7.31. The lowest BCUT2D eigenvalue weighted by molar-refractivity contribution is 0.0875. The molecule has 6 nitrogen and oxygen atoms in total. The molecular weight excluding hydrogens is 327 g/mol. The van der Waals surface area contributed by atoms with E-state index in [0.29, 0.717) is 11.3 Å². The number of hydrogen-bond acceptors (Lipinski definition) is 5. The minimum Gasteiger partial charge on any atom is -0.491 e. The van der Waals surface area contributed by atoms with E-state index >= 15 is 0 Å². The second-order valence-corrected chi connectivity index (χ2v) is 5.64. The van der Waals surface area contributed by atoms with Gasteiger partial charge in [-0.25, -0.2) is 9.18 Å². The number of aromatic nitrogens is 2. The molecule has 0 bridgehead atoms. The predicted octanol–water partition coefficient (Wildman–Crippen LogP) is 2.39. The maximum absolute atomic E-state index is 12.9. The fraction of sp³-hybridized carbons (Fsp3) is 0.222. The summed E-state index contributed by atoms with van der Waals surface area (Å²) in [6.45, 7) is 1.90. The van der Waals surface area contributed by atoms with Gasteiger partial charge in [0, 0.05) is 5.56 Å². The van der Waals surface area contributed by atoms with E-state index in [1.807, 2.05) is 19.1 Å². The first-order chi connectivity index (χ1) is 12.0. The Bertz CT molecular complexity index is 885.